The van der Waals surface area contributed by atoms with Crippen LogP contribution in [0.2, 0.25) is 0 Å². The molecule has 1 amide bonds. The molecule has 0 atom stereocenters. The van der Waals surface area contributed by atoms with E-state index in [2.05, 4.69) is 20.5 Å². The number of rotatable bonds is 9. The van der Waals surface area contributed by atoms with Crippen molar-refractivity contribution in [2.75, 3.05) is 52.8 Å². The number of pyridine rings is 1. The van der Waals surface area contributed by atoms with Gasteiger partial charge in [0.25, 0.3) is 5.91 Å². The third-order valence-corrected chi connectivity index (χ3v) is 2.70. The first-order chi connectivity index (χ1) is 9.63. The van der Waals surface area contributed by atoms with Crippen molar-refractivity contribution in [3.63, 3.8) is 0 Å². The minimum Gasteiger partial charge on any atom is -0.383 e. The van der Waals surface area contributed by atoms with Gasteiger partial charge in [-0.25, -0.2) is 4.98 Å². The fraction of sp³-hybridized carbons (Fsp3) is 0.571. The third kappa shape index (κ3) is 6.49. The molecule has 0 bridgehead atoms. The molecule has 2 N–H and O–H groups in total. The van der Waals surface area contributed by atoms with Gasteiger partial charge in [-0.15, -0.1) is 0 Å². The summed E-state index contributed by atoms with van der Waals surface area (Å²) in [5, 5.41) is 6.00. The molecule has 0 saturated carbocycles. The summed E-state index contributed by atoms with van der Waals surface area (Å²) in [7, 11) is 5.70. The summed E-state index contributed by atoms with van der Waals surface area (Å²) >= 11 is 0. The van der Waals surface area contributed by atoms with Crippen molar-refractivity contribution >= 4 is 11.7 Å². The second-order valence-electron chi connectivity index (χ2n) is 4.76. The molecule has 6 nitrogen and oxygen atoms in total. The maximum atomic E-state index is 11.9. The van der Waals surface area contributed by atoms with Crippen LogP contribution in [0, 0.1) is 0 Å². The Morgan fingerprint density at radius 3 is 2.90 bits per heavy atom. The number of ether oxygens (including phenoxy) is 1. The van der Waals surface area contributed by atoms with Gasteiger partial charge < -0.3 is 20.3 Å². The predicted molar refractivity (Wildman–Crippen MR) is 80.1 cm³/mol. The van der Waals surface area contributed by atoms with Crippen molar-refractivity contribution in [1.29, 1.82) is 0 Å². The maximum absolute atomic E-state index is 11.9. The van der Waals surface area contributed by atoms with E-state index in [1.807, 2.05) is 14.1 Å². The molecule has 1 heterocycles. The molecule has 6 heteroatoms. The van der Waals surface area contributed by atoms with Crippen LogP contribution in [0.1, 0.15) is 16.8 Å². The van der Waals surface area contributed by atoms with Gasteiger partial charge in [0.05, 0.1) is 6.61 Å². The number of hydrogen-bond acceptors (Lipinski definition) is 5. The second-order valence-corrected chi connectivity index (χ2v) is 4.76. The lowest BCUT2D eigenvalue weighted by atomic mass is 10.2. The van der Waals surface area contributed by atoms with E-state index in [-0.39, 0.29) is 5.91 Å². The summed E-state index contributed by atoms with van der Waals surface area (Å²) < 4.78 is 4.89. The largest absolute Gasteiger partial charge is 0.383 e. The molecule has 20 heavy (non-hydrogen) atoms. The van der Waals surface area contributed by atoms with Crippen LogP contribution in [0.25, 0.3) is 0 Å². The molecular formula is C14H24N4O2. The molecule has 0 aliphatic heterocycles. The SMILES string of the molecule is COCCNC(=O)c1ccnc(NCCCN(C)C)c1. The smallest absolute Gasteiger partial charge is 0.251 e. The normalized spacial score (nSPS) is 10.6. The molecule has 0 aliphatic rings. The molecule has 1 aromatic rings. The number of nitrogens with one attached hydrogen (secondary N) is 2. The van der Waals surface area contributed by atoms with Gasteiger partial charge in [-0.1, -0.05) is 0 Å². The van der Waals surface area contributed by atoms with E-state index in [0.717, 1.165) is 25.3 Å². The molecule has 0 saturated heterocycles. The Bertz CT molecular complexity index is 410. The van der Waals surface area contributed by atoms with Gasteiger partial charge >= 0.3 is 0 Å². The number of anilines is 1. The zero-order valence-electron chi connectivity index (χ0n) is 12.5. The van der Waals surface area contributed by atoms with E-state index in [1.54, 1.807) is 25.4 Å². The quantitative estimate of drug-likeness (QED) is 0.656. The fourth-order valence-electron chi connectivity index (χ4n) is 1.65. The minimum atomic E-state index is -0.110. The Morgan fingerprint density at radius 2 is 2.20 bits per heavy atom. The van der Waals surface area contributed by atoms with Crippen LogP contribution in [0.5, 0.6) is 0 Å². The van der Waals surface area contributed by atoms with Gasteiger partial charge in [0.15, 0.2) is 0 Å². The summed E-state index contributed by atoms with van der Waals surface area (Å²) in [5.74, 6) is 0.615. The van der Waals surface area contributed by atoms with E-state index in [4.69, 9.17) is 4.74 Å². The number of carbonyl (C=O) groups excluding carboxylic acids is 1. The molecule has 112 valence electrons. The van der Waals surface area contributed by atoms with Crippen LogP contribution >= 0.6 is 0 Å². The molecule has 1 rings (SSSR count). The Hall–Kier alpha value is -1.66. The Kier molecular flexibility index (Phi) is 7.60. The number of carbonyl (C=O) groups is 1. The van der Waals surface area contributed by atoms with Crippen molar-refractivity contribution in [3.8, 4) is 0 Å². The zero-order chi connectivity index (χ0) is 14.8. The first kappa shape index (κ1) is 16.4. The zero-order valence-corrected chi connectivity index (χ0v) is 12.5. The lowest BCUT2D eigenvalue weighted by molar-refractivity contribution is 0.0937. The van der Waals surface area contributed by atoms with E-state index in [1.165, 1.54) is 0 Å². The maximum Gasteiger partial charge on any atom is 0.251 e. The number of methoxy groups -OCH3 is 1. The van der Waals surface area contributed by atoms with Crippen molar-refractivity contribution in [2.24, 2.45) is 0 Å². The first-order valence-electron chi connectivity index (χ1n) is 6.75. The van der Waals surface area contributed by atoms with Gasteiger partial charge in [-0.3, -0.25) is 4.79 Å². The van der Waals surface area contributed by atoms with Crippen LogP contribution < -0.4 is 10.6 Å². The van der Waals surface area contributed by atoms with Gasteiger partial charge in [0, 0.05) is 32.0 Å². The highest BCUT2D eigenvalue weighted by molar-refractivity contribution is 5.94. The lowest BCUT2D eigenvalue weighted by Gasteiger charge is -2.11. The number of hydrogen-bond donors (Lipinski definition) is 2. The second kappa shape index (κ2) is 9.28. The average molecular weight is 280 g/mol. The van der Waals surface area contributed by atoms with Crippen LogP contribution in [-0.4, -0.2) is 63.2 Å². The lowest BCUT2D eigenvalue weighted by Crippen LogP contribution is -2.27. The molecule has 0 aromatic carbocycles. The molecule has 0 fully saturated rings. The highest BCUT2D eigenvalue weighted by Crippen LogP contribution is 2.06. The Balaban J connectivity index is 2.42. The Morgan fingerprint density at radius 1 is 1.40 bits per heavy atom. The van der Waals surface area contributed by atoms with Gasteiger partial charge in [0.2, 0.25) is 0 Å². The minimum absolute atomic E-state index is 0.110. The fourth-order valence-corrected chi connectivity index (χ4v) is 1.65. The van der Waals surface area contributed by atoms with Gasteiger partial charge in [-0.2, -0.15) is 0 Å². The number of amides is 1. The summed E-state index contributed by atoms with van der Waals surface area (Å²) in [4.78, 5) is 18.2. The summed E-state index contributed by atoms with van der Waals surface area (Å²) in [6.07, 6.45) is 2.67. The average Bonchev–Trinajstić information content (AvgIpc) is 2.44. The summed E-state index contributed by atoms with van der Waals surface area (Å²) in [5.41, 5.74) is 0.603. The standard InChI is InChI=1S/C14H24N4O2/c1-18(2)9-4-6-15-13-11-12(5-7-16-13)14(19)17-8-10-20-3/h5,7,11H,4,6,8-10H2,1-3H3,(H,15,16)(H,17,19). The number of aromatic nitrogens is 1. The summed E-state index contributed by atoms with van der Waals surface area (Å²) in [6, 6.07) is 3.46. The van der Waals surface area contributed by atoms with Crippen LogP contribution in [0.3, 0.4) is 0 Å². The Labute approximate surface area is 120 Å². The van der Waals surface area contributed by atoms with Crippen LogP contribution in [0.4, 0.5) is 5.82 Å². The van der Waals surface area contributed by atoms with Gasteiger partial charge in [0.1, 0.15) is 5.82 Å². The first-order valence-corrected chi connectivity index (χ1v) is 6.75. The molecule has 0 radical (unpaired) electrons. The summed E-state index contributed by atoms with van der Waals surface area (Å²) in [6.45, 7) is 2.86. The van der Waals surface area contributed by atoms with E-state index in [9.17, 15) is 4.79 Å². The molecule has 0 spiro atoms. The van der Waals surface area contributed by atoms with E-state index in [0.29, 0.717) is 18.7 Å². The van der Waals surface area contributed by atoms with Crippen molar-refractivity contribution < 1.29 is 9.53 Å². The molecular weight excluding hydrogens is 256 g/mol. The van der Waals surface area contributed by atoms with E-state index >= 15 is 0 Å². The highest BCUT2D eigenvalue weighted by atomic mass is 16.5. The highest BCUT2D eigenvalue weighted by Gasteiger charge is 2.06. The third-order valence-electron chi connectivity index (χ3n) is 2.70. The molecule has 0 aliphatic carbocycles. The van der Waals surface area contributed by atoms with Crippen molar-refractivity contribution in [1.82, 2.24) is 15.2 Å². The van der Waals surface area contributed by atoms with Crippen molar-refractivity contribution in [2.45, 2.75) is 6.42 Å². The van der Waals surface area contributed by atoms with E-state index < -0.39 is 0 Å². The van der Waals surface area contributed by atoms with Crippen molar-refractivity contribution in [3.05, 3.63) is 23.9 Å². The molecule has 1 aromatic heterocycles. The molecule has 0 unspecified atom stereocenters. The van der Waals surface area contributed by atoms with Gasteiger partial charge in [-0.05, 0) is 39.2 Å². The number of nitrogens with zero attached hydrogens (tertiary/aromatic N) is 2. The van der Waals surface area contributed by atoms with Crippen LogP contribution in [0.15, 0.2) is 18.3 Å². The topological polar surface area (TPSA) is 66.5 Å². The monoisotopic (exact) mass is 280 g/mol. The van der Waals surface area contributed by atoms with Crippen LogP contribution in [-0.2, 0) is 4.74 Å². The predicted octanol–water partition coefficient (Wildman–Crippen LogP) is 0.821.